The van der Waals surface area contributed by atoms with Crippen LogP contribution >= 0.6 is 0 Å². The molecule has 0 spiro atoms. The Bertz CT molecular complexity index is 1680. The lowest BCUT2D eigenvalue weighted by atomic mass is 9.98. The summed E-state index contributed by atoms with van der Waals surface area (Å²) in [6.45, 7) is 16.5. The number of urea groups is 2. The first-order valence-electron chi connectivity index (χ1n) is 22.7. The number of rotatable bonds is 25. The van der Waals surface area contributed by atoms with Gasteiger partial charge in [-0.15, -0.1) is 0 Å². The third-order valence-electron chi connectivity index (χ3n) is 11.5. The van der Waals surface area contributed by atoms with Crippen molar-refractivity contribution in [2.75, 3.05) is 120 Å². The minimum absolute atomic E-state index is 0.100. The first-order chi connectivity index (χ1) is 30.7. The quantitative estimate of drug-likeness (QED) is 0.0718. The number of benzene rings is 2. The van der Waals surface area contributed by atoms with E-state index in [0.717, 1.165) is 37.3 Å². The van der Waals surface area contributed by atoms with Crippen molar-refractivity contribution >= 4 is 23.9 Å². The second-order valence-electron chi connectivity index (χ2n) is 17.3. The highest BCUT2D eigenvalue weighted by atomic mass is 16.5. The average molecular weight is 898 g/mol. The Balaban J connectivity index is 1.51. The SMILES string of the molecule is COCCOc1ccc(CN(C[C@H](O)[C@H](Cc2ccccc2)NC(=O)[C@@H](NC(=O)N(C)CCN2CCOCC2)C(C)C)NC(=O)[C@@H](NC(=O)N(C)CCN2CCOCC2)C(C)C)cc1. The van der Waals surface area contributed by atoms with E-state index in [9.17, 15) is 24.3 Å². The molecule has 2 saturated heterocycles. The Morgan fingerprint density at radius 1 is 0.703 bits per heavy atom. The molecule has 18 heteroatoms. The van der Waals surface area contributed by atoms with Crippen molar-refractivity contribution in [3.8, 4) is 5.75 Å². The Morgan fingerprint density at radius 3 is 1.72 bits per heavy atom. The minimum atomic E-state index is -1.21. The van der Waals surface area contributed by atoms with Gasteiger partial charge in [0.1, 0.15) is 24.4 Å². The van der Waals surface area contributed by atoms with Crippen LogP contribution in [0.15, 0.2) is 54.6 Å². The van der Waals surface area contributed by atoms with Crippen molar-refractivity contribution in [3.05, 3.63) is 65.7 Å². The first-order valence-corrected chi connectivity index (χ1v) is 22.7. The van der Waals surface area contributed by atoms with Crippen molar-refractivity contribution in [1.82, 2.24) is 46.0 Å². The van der Waals surface area contributed by atoms with Crippen LogP contribution in [0.2, 0.25) is 0 Å². The molecular weight excluding hydrogens is 823 g/mol. The predicted octanol–water partition coefficient (Wildman–Crippen LogP) is 1.63. The highest BCUT2D eigenvalue weighted by Crippen LogP contribution is 2.16. The summed E-state index contributed by atoms with van der Waals surface area (Å²) in [4.78, 5) is 62.8. The summed E-state index contributed by atoms with van der Waals surface area (Å²) < 4.78 is 21.8. The van der Waals surface area contributed by atoms with E-state index in [1.165, 1.54) is 0 Å². The third-order valence-corrected chi connectivity index (χ3v) is 11.5. The maximum atomic E-state index is 14.2. The van der Waals surface area contributed by atoms with Crippen molar-refractivity contribution in [2.45, 2.75) is 64.9 Å². The lowest BCUT2D eigenvalue weighted by molar-refractivity contribution is -0.131. The molecule has 2 fully saturated rings. The monoisotopic (exact) mass is 898 g/mol. The van der Waals surface area contributed by atoms with Gasteiger partial charge in [-0.2, -0.15) is 0 Å². The molecule has 0 aromatic heterocycles. The maximum Gasteiger partial charge on any atom is 0.317 e. The van der Waals surface area contributed by atoms with Gasteiger partial charge in [-0.3, -0.25) is 24.8 Å². The fourth-order valence-electron chi connectivity index (χ4n) is 7.30. The predicted molar refractivity (Wildman–Crippen MR) is 245 cm³/mol. The smallest absolute Gasteiger partial charge is 0.317 e. The number of hydrogen-bond donors (Lipinski definition) is 5. The van der Waals surface area contributed by atoms with E-state index in [0.29, 0.717) is 71.6 Å². The normalized spacial score (nSPS) is 16.7. The number of ether oxygens (including phenoxy) is 4. The van der Waals surface area contributed by atoms with Gasteiger partial charge in [-0.25, -0.2) is 14.6 Å². The molecule has 0 aliphatic carbocycles. The molecular formula is C46H75N9O9. The molecule has 2 aromatic rings. The van der Waals surface area contributed by atoms with Gasteiger partial charge in [-0.05, 0) is 41.5 Å². The van der Waals surface area contributed by atoms with Crippen molar-refractivity contribution in [3.63, 3.8) is 0 Å². The summed E-state index contributed by atoms with van der Waals surface area (Å²) in [6.07, 6.45) is -0.942. The number of hydrogen-bond acceptors (Lipinski definition) is 12. The van der Waals surface area contributed by atoms with Crippen LogP contribution in [-0.2, 0) is 36.8 Å². The number of amides is 6. The number of carbonyl (C=O) groups is 4. The van der Waals surface area contributed by atoms with Crippen molar-refractivity contribution < 1.29 is 43.2 Å². The second-order valence-corrected chi connectivity index (χ2v) is 17.3. The summed E-state index contributed by atoms with van der Waals surface area (Å²) in [6, 6.07) is 13.5. The molecule has 4 atom stereocenters. The lowest BCUT2D eigenvalue weighted by Crippen LogP contribution is -2.60. The molecule has 6 amide bonds. The highest BCUT2D eigenvalue weighted by Gasteiger charge is 2.33. The second kappa shape index (κ2) is 27.7. The summed E-state index contributed by atoms with van der Waals surface area (Å²) in [5, 5.41) is 22.6. The van der Waals surface area contributed by atoms with Crippen molar-refractivity contribution in [2.24, 2.45) is 11.8 Å². The van der Waals surface area contributed by atoms with Gasteiger partial charge in [0, 0.05) is 86.7 Å². The standard InChI is InChI=1S/C46H75N9O9/c1-34(2)41(48-45(59)51(5)17-19-53-21-25-62-26-22-53)43(57)47-39(31-36-11-9-8-10-12-36)40(56)33-55(32-37-13-15-38(16-14-37)64-30-29-61-7)50-44(58)42(35(3)4)49-46(60)52(6)18-20-54-23-27-63-28-24-54/h8-16,34-35,39-42,56H,17-33H2,1-7H3,(H,47,57)(H,48,59)(H,49,60)(H,50,58)/t39-,40-,41-,42-/m0/s1. The number of hydrazine groups is 1. The van der Waals surface area contributed by atoms with E-state index in [1.807, 2.05) is 82.3 Å². The van der Waals surface area contributed by atoms with E-state index in [4.69, 9.17) is 18.9 Å². The molecule has 0 saturated carbocycles. The van der Waals surface area contributed by atoms with Crippen LogP contribution < -0.4 is 26.1 Å². The molecule has 64 heavy (non-hydrogen) atoms. The van der Waals surface area contributed by atoms with Crippen LogP contribution in [0.1, 0.15) is 38.8 Å². The van der Waals surface area contributed by atoms with Crippen LogP contribution in [0.4, 0.5) is 9.59 Å². The van der Waals surface area contributed by atoms with Gasteiger partial charge in [0.15, 0.2) is 0 Å². The number of likely N-dealkylation sites (N-methyl/N-ethyl adjacent to an activating group) is 2. The highest BCUT2D eigenvalue weighted by molar-refractivity contribution is 5.88. The molecule has 2 heterocycles. The molecule has 0 radical (unpaired) electrons. The van der Waals surface area contributed by atoms with Gasteiger partial charge in [0.25, 0.3) is 5.91 Å². The van der Waals surface area contributed by atoms with Crippen molar-refractivity contribution in [1.29, 1.82) is 0 Å². The van der Waals surface area contributed by atoms with Crippen LogP contribution in [-0.4, -0.2) is 198 Å². The van der Waals surface area contributed by atoms with E-state index in [1.54, 1.807) is 36.0 Å². The van der Waals surface area contributed by atoms with Crippen LogP contribution in [0.25, 0.3) is 0 Å². The summed E-state index contributed by atoms with van der Waals surface area (Å²) in [5.41, 5.74) is 4.68. The number of aliphatic hydroxyl groups is 1. The third kappa shape index (κ3) is 18.1. The minimum Gasteiger partial charge on any atom is -0.491 e. The fourth-order valence-corrected chi connectivity index (χ4v) is 7.30. The fraction of sp³-hybridized carbons (Fsp3) is 0.652. The number of aliphatic hydroxyl groups excluding tert-OH is 1. The molecule has 358 valence electrons. The molecule has 2 aliphatic heterocycles. The molecule has 4 rings (SSSR count). The largest absolute Gasteiger partial charge is 0.491 e. The Labute approximate surface area is 380 Å². The zero-order valence-electron chi connectivity index (χ0n) is 39.1. The van der Waals surface area contributed by atoms with E-state index < -0.39 is 36.0 Å². The number of morpholine rings is 2. The van der Waals surface area contributed by atoms with E-state index in [-0.39, 0.29) is 43.4 Å². The molecule has 2 aliphatic rings. The zero-order valence-corrected chi connectivity index (χ0v) is 39.1. The average Bonchev–Trinajstić information content (AvgIpc) is 3.29. The van der Waals surface area contributed by atoms with Gasteiger partial charge < -0.3 is 49.8 Å². The van der Waals surface area contributed by atoms with Gasteiger partial charge in [0.2, 0.25) is 5.91 Å². The number of methoxy groups -OCH3 is 1. The molecule has 5 N–H and O–H groups in total. The van der Waals surface area contributed by atoms with Crippen LogP contribution in [0.3, 0.4) is 0 Å². The topological polar surface area (TPSA) is 190 Å². The lowest BCUT2D eigenvalue weighted by Gasteiger charge is -2.34. The Hall–Kier alpha value is -4.56. The number of carbonyl (C=O) groups excluding carboxylic acids is 4. The van der Waals surface area contributed by atoms with Crippen LogP contribution in [0.5, 0.6) is 5.75 Å². The summed E-state index contributed by atoms with van der Waals surface area (Å²) >= 11 is 0. The van der Waals surface area contributed by atoms with Gasteiger partial charge in [-0.1, -0.05) is 70.2 Å². The number of nitrogens with one attached hydrogen (secondary N) is 4. The molecule has 18 nitrogen and oxygen atoms in total. The Morgan fingerprint density at radius 2 is 1.22 bits per heavy atom. The van der Waals surface area contributed by atoms with E-state index in [2.05, 4.69) is 31.2 Å². The summed E-state index contributed by atoms with van der Waals surface area (Å²) in [5.74, 6) is -0.800. The Kier molecular flexibility index (Phi) is 22.5. The van der Waals surface area contributed by atoms with Crippen LogP contribution in [0, 0.1) is 11.8 Å². The molecule has 0 unspecified atom stereocenters. The van der Waals surface area contributed by atoms with Gasteiger partial charge in [0.05, 0.1) is 45.2 Å². The first kappa shape index (κ1) is 52.1. The zero-order chi connectivity index (χ0) is 46.4. The molecule has 0 bridgehead atoms. The van der Waals surface area contributed by atoms with Gasteiger partial charge >= 0.3 is 12.1 Å². The summed E-state index contributed by atoms with van der Waals surface area (Å²) in [7, 11) is 5.02. The maximum absolute atomic E-state index is 14.2. The number of nitrogens with zero attached hydrogens (tertiary/aromatic N) is 5. The molecule has 2 aromatic carbocycles. The van der Waals surface area contributed by atoms with E-state index >= 15 is 0 Å².